The largest absolute Gasteiger partial charge is 0.487 e. The lowest BCUT2D eigenvalue weighted by Gasteiger charge is -2.12. The van der Waals surface area contributed by atoms with Crippen molar-refractivity contribution in [2.45, 2.75) is 13.5 Å². The molecule has 0 radical (unpaired) electrons. The normalized spacial score (nSPS) is 14.5. The lowest BCUT2D eigenvalue weighted by molar-refractivity contribution is -0.129. The van der Waals surface area contributed by atoms with Gasteiger partial charge in [-0.05, 0) is 99.6 Å². The topological polar surface area (TPSA) is 47.9 Å². The summed E-state index contributed by atoms with van der Waals surface area (Å²) in [5.41, 5.74) is 3.94. The first-order chi connectivity index (χ1) is 15.3. The molecule has 0 atom stereocenters. The van der Waals surface area contributed by atoms with E-state index in [9.17, 15) is 4.79 Å². The van der Waals surface area contributed by atoms with Crippen LogP contribution >= 0.6 is 68.4 Å². The molecule has 1 aliphatic heterocycles. The van der Waals surface area contributed by atoms with Crippen LogP contribution in [0.4, 0.5) is 0 Å². The summed E-state index contributed by atoms with van der Waals surface area (Å²) >= 11 is 16.5. The van der Waals surface area contributed by atoms with Crippen LogP contribution in [0.3, 0.4) is 0 Å². The van der Waals surface area contributed by atoms with Crippen molar-refractivity contribution in [3.8, 4) is 5.75 Å². The fourth-order valence-corrected chi connectivity index (χ4v) is 5.39. The first kappa shape index (κ1) is 23.5. The SMILES string of the molecule is Cc1ccc(COc2c(I)cc(/C=C3\N=C(c4ccc(Cl)c(Cl)c4)OC3=O)cc2I)cc1. The number of hydrogen-bond donors (Lipinski definition) is 0. The summed E-state index contributed by atoms with van der Waals surface area (Å²) in [6.45, 7) is 2.54. The molecule has 0 unspecified atom stereocenters. The Morgan fingerprint density at radius 1 is 1.00 bits per heavy atom. The van der Waals surface area contributed by atoms with Crippen molar-refractivity contribution in [2.75, 3.05) is 0 Å². The molecule has 0 saturated carbocycles. The van der Waals surface area contributed by atoms with Crippen LogP contribution in [0.5, 0.6) is 5.75 Å². The van der Waals surface area contributed by atoms with Crippen molar-refractivity contribution < 1.29 is 14.3 Å². The highest BCUT2D eigenvalue weighted by Gasteiger charge is 2.25. The van der Waals surface area contributed by atoms with E-state index < -0.39 is 5.97 Å². The number of halogens is 4. The van der Waals surface area contributed by atoms with Crippen molar-refractivity contribution in [2.24, 2.45) is 4.99 Å². The van der Waals surface area contributed by atoms with Crippen molar-refractivity contribution >= 4 is 86.3 Å². The van der Waals surface area contributed by atoms with Crippen molar-refractivity contribution in [1.29, 1.82) is 0 Å². The van der Waals surface area contributed by atoms with E-state index in [2.05, 4.69) is 81.4 Å². The summed E-state index contributed by atoms with van der Waals surface area (Å²) in [6, 6.07) is 17.1. The number of aryl methyl sites for hydroxylation is 1. The molecule has 1 aliphatic rings. The van der Waals surface area contributed by atoms with E-state index in [0.717, 1.165) is 24.0 Å². The molecule has 0 fully saturated rings. The molecular weight excluding hydrogens is 675 g/mol. The van der Waals surface area contributed by atoms with Gasteiger partial charge in [0.15, 0.2) is 5.70 Å². The van der Waals surface area contributed by atoms with Crippen LogP contribution in [-0.2, 0) is 16.1 Å². The zero-order valence-electron chi connectivity index (χ0n) is 16.7. The maximum Gasteiger partial charge on any atom is 0.363 e. The Morgan fingerprint density at radius 2 is 1.69 bits per heavy atom. The summed E-state index contributed by atoms with van der Waals surface area (Å²) in [7, 11) is 0. The fraction of sp³-hybridized carbons (Fsp3) is 0.0833. The van der Waals surface area contributed by atoms with Gasteiger partial charge in [-0.2, -0.15) is 0 Å². The second-order valence-corrected chi connectivity index (χ2v) is 10.2. The summed E-state index contributed by atoms with van der Waals surface area (Å²) in [4.78, 5) is 16.7. The van der Waals surface area contributed by atoms with Gasteiger partial charge in [-0.15, -0.1) is 0 Å². The number of ether oxygens (including phenoxy) is 2. The van der Waals surface area contributed by atoms with E-state index in [0.29, 0.717) is 22.2 Å². The van der Waals surface area contributed by atoms with E-state index in [1.165, 1.54) is 5.56 Å². The molecule has 0 saturated heterocycles. The average Bonchev–Trinajstić information content (AvgIpc) is 3.11. The van der Waals surface area contributed by atoms with Crippen molar-refractivity contribution in [1.82, 2.24) is 0 Å². The number of hydrogen-bond acceptors (Lipinski definition) is 4. The molecule has 0 N–H and O–H groups in total. The first-order valence-corrected chi connectivity index (χ1v) is 12.4. The van der Waals surface area contributed by atoms with Gasteiger partial charge in [0.05, 0.1) is 17.2 Å². The summed E-state index contributed by atoms with van der Waals surface area (Å²) < 4.78 is 13.3. The molecule has 1 heterocycles. The zero-order chi connectivity index (χ0) is 22.8. The third-order valence-corrected chi connectivity index (χ3v) is 6.96. The highest BCUT2D eigenvalue weighted by molar-refractivity contribution is 14.1. The van der Waals surface area contributed by atoms with Crippen molar-refractivity contribution in [3.63, 3.8) is 0 Å². The minimum absolute atomic E-state index is 0.197. The molecular formula is C24H15Cl2I2NO3. The number of benzene rings is 3. The van der Waals surface area contributed by atoms with Crippen LogP contribution < -0.4 is 4.74 Å². The molecule has 0 aromatic heterocycles. The van der Waals surface area contributed by atoms with Gasteiger partial charge in [0, 0.05) is 5.56 Å². The Hall–Kier alpha value is -1.62. The maximum atomic E-state index is 12.3. The fourth-order valence-electron chi connectivity index (χ4n) is 2.96. The number of aliphatic imine (C=N–C) groups is 1. The monoisotopic (exact) mass is 689 g/mol. The number of carbonyl (C=O) groups is 1. The van der Waals surface area contributed by atoms with Gasteiger partial charge in [0.2, 0.25) is 5.90 Å². The Labute approximate surface area is 222 Å². The first-order valence-electron chi connectivity index (χ1n) is 9.45. The van der Waals surface area contributed by atoms with Crippen LogP contribution in [0.15, 0.2) is 65.3 Å². The molecule has 0 amide bonds. The van der Waals surface area contributed by atoms with Crippen molar-refractivity contribution in [3.05, 3.63) is 99.7 Å². The summed E-state index contributed by atoms with van der Waals surface area (Å²) in [6.07, 6.45) is 1.70. The molecule has 4 nitrogen and oxygen atoms in total. The van der Waals surface area contributed by atoms with Gasteiger partial charge in [-0.1, -0.05) is 53.0 Å². The lowest BCUT2D eigenvalue weighted by atomic mass is 10.1. The molecule has 3 aromatic rings. The van der Waals surface area contributed by atoms with Gasteiger partial charge >= 0.3 is 5.97 Å². The number of cyclic esters (lactones) is 1. The van der Waals surface area contributed by atoms with E-state index in [-0.39, 0.29) is 11.6 Å². The number of carbonyl (C=O) groups excluding carboxylic acids is 1. The van der Waals surface area contributed by atoms with Gasteiger partial charge in [-0.25, -0.2) is 9.79 Å². The molecule has 0 aliphatic carbocycles. The number of nitrogens with zero attached hydrogens (tertiary/aromatic N) is 1. The Balaban J connectivity index is 1.55. The standard InChI is InChI=1S/C24H15Cl2I2NO3/c1-13-2-4-14(5-3-13)12-31-22-19(27)8-15(9-20(22)28)10-21-24(30)32-23(29-21)16-6-7-17(25)18(26)11-16/h2-11H,12H2,1H3/b21-10-. The third kappa shape index (κ3) is 5.47. The Bertz CT molecular complexity index is 1250. The smallest absolute Gasteiger partial charge is 0.363 e. The third-order valence-electron chi connectivity index (χ3n) is 4.61. The maximum absolute atomic E-state index is 12.3. The van der Waals surface area contributed by atoms with Crippen LogP contribution in [-0.4, -0.2) is 11.9 Å². The molecule has 32 heavy (non-hydrogen) atoms. The number of rotatable bonds is 5. The molecule has 0 spiro atoms. The van der Waals surface area contributed by atoms with E-state index in [1.54, 1.807) is 24.3 Å². The quantitative estimate of drug-likeness (QED) is 0.159. The Morgan fingerprint density at radius 3 is 2.34 bits per heavy atom. The number of esters is 1. The van der Waals surface area contributed by atoms with Crippen LogP contribution in [0.2, 0.25) is 10.0 Å². The van der Waals surface area contributed by atoms with E-state index >= 15 is 0 Å². The zero-order valence-corrected chi connectivity index (χ0v) is 22.5. The predicted molar refractivity (Wildman–Crippen MR) is 144 cm³/mol. The van der Waals surface area contributed by atoms with Crippen LogP contribution in [0, 0.1) is 14.1 Å². The van der Waals surface area contributed by atoms with Crippen LogP contribution in [0.1, 0.15) is 22.3 Å². The van der Waals surface area contributed by atoms with E-state index in [1.807, 2.05) is 12.1 Å². The molecule has 162 valence electrons. The molecule has 4 rings (SSSR count). The summed E-state index contributed by atoms with van der Waals surface area (Å²) in [5.74, 6) is 0.487. The lowest BCUT2D eigenvalue weighted by Crippen LogP contribution is -2.05. The molecule has 0 bridgehead atoms. The highest BCUT2D eigenvalue weighted by Crippen LogP contribution is 2.31. The minimum atomic E-state index is -0.518. The Kier molecular flexibility index (Phi) is 7.44. The highest BCUT2D eigenvalue weighted by atomic mass is 127. The second-order valence-electron chi connectivity index (χ2n) is 7.05. The molecule has 3 aromatic carbocycles. The predicted octanol–water partition coefficient (Wildman–Crippen LogP) is 7.43. The van der Waals surface area contributed by atoms with Gasteiger partial charge < -0.3 is 9.47 Å². The van der Waals surface area contributed by atoms with Gasteiger partial charge in [0.1, 0.15) is 12.4 Å². The summed E-state index contributed by atoms with van der Waals surface area (Å²) in [5, 5.41) is 0.788. The van der Waals surface area contributed by atoms with Gasteiger partial charge in [0.25, 0.3) is 0 Å². The average molecular weight is 690 g/mol. The van der Waals surface area contributed by atoms with Crippen LogP contribution in [0.25, 0.3) is 6.08 Å². The second kappa shape index (κ2) is 10.1. The van der Waals surface area contributed by atoms with Gasteiger partial charge in [-0.3, -0.25) is 0 Å². The van der Waals surface area contributed by atoms with E-state index in [4.69, 9.17) is 32.7 Å². The minimum Gasteiger partial charge on any atom is -0.487 e. The molecule has 8 heteroatoms.